The van der Waals surface area contributed by atoms with Gasteiger partial charge in [-0.05, 0) is 61.2 Å². The van der Waals surface area contributed by atoms with E-state index in [2.05, 4.69) is 13.5 Å². The molecule has 0 aliphatic heterocycles. The van der Waals surface area contributed by atoms with Crippen molar-refractivity contribution in [2.45, 2.75) is 58.3 Å². The van der Waals surface area contributed by atoms with Crippen molar-refractivity contribution in [1.82, 2.24) is 0 Å². The molecule has 0 aromatic heterocycles. The van der Waals surface area contributed by atoms with Crippen LogP contribution in [0.5, 0.6) is 0 Å². The number of ketones is 1. The number of rotatable bonds is 2. The summed E-state index contributed by atoms with van der Waals surface area (Å²) in [6.07, 6.45) is 8.09. The molecule has 2 bridgehead atoms. The zero-order chi connectivity index (χ0) is 16.5. The molecule has 3 heteroatoms. The Bertz CT molecular complexity index is 549. The lowest BCUT2D eigenvalue weighted by Crippen LogP contribution is -2.62. The molecular formula is C20H30O3. The fourth-order valence-electron chi connectivity index (χ4n) is 7.57. The second kappa shape index (κ2) is 4.92. The zero-order valence-electron chi connectivity index (χ0n) is 14.3. The first-order chi connectivity index (χ1) is 10.9. The van der Waals surface area contributed by atoms with Crippen LogP contribution >= 0.6 is 0 Å². The van der Waals surface area contributed by atoms with E-state index in [0.717, 1.165) is 32.1 Å². The van der Waals surface area contributed by atoms with E-state index in [1.807, 2.05) is 0 Å². The van der Waals surface area contributed by atoms with E-state index < -0.39 is 5.41 Å². The van der Waals surface area contributed by atoms with Crippen molar-refractivity contribution in [3.63, 3.8) is 0 Å². The van der Waals surface area contributed by atoms with Crippen molar-refractivity contribution in [2.24, 2.45) is 34.0 Å². The maximum atomic E-state index is 13.3. The average Bonchev–Trinajstić information content (AvgIpc) is 2.75. The topological polar surface area (TPSA) is 57.5 Å². The highest BCUT2D eigenvalue weighted by Crippen LogP contribution is 2.71. The van der Waals surface area contributed by atoms with Crippen molar-refractivity contribution >= 4 is 5.78 Å². The van der Waals surface area contributed by atoms with E-state index in [1.54, 1.807) is 0 Å². The summed E-state index contributed by atoms with van der Waals surface area (Å²) in [6, 6.07) is 0. The molecule has 5 atom stereocenters. The third-order valence-corrected chi connectivity index (χ3v) is 8.29. The number of Topliss-reactive ketones (excluding diaryl/α,β-unsaturated/α-hetero) is 1. The molecule has 0 aromatic rings. The van der Waals surface area contributed by atoms with Gasteiger partial charge in [0.2, 0.25) is 0 Å². The molecule has 4 saturated carbocycles. The van der Waals surface area contributed by atoms with Gasteiger partial charge in [0, 0.05) is 17.8 Å². The fourth-order valence-corrected chi connectivity index (χ4v) is 7.57. The van der Waals surface area contributed by atoms with Gasteiger partial charge in [0.1, 0.15) is 5.78 Å². The lowest BCUT2D eigenvalue weighted by molar-refractivity contribution is -0.184. The number of hydrogen-bond acceptors (Lipinski definition) is 3. The van der Waals surface area contributed by atoms with Gasteiger partial charge in [-0.15, -0.1) is 0 Å². The molecule has 0 heterocycles. The van der Waals surface area contributed by atoms with Crippen molar-refractivity contribution in [3.8, 4) is 0 Å². The van der Waals surface area contributed by atoms with Crippen LogP contribution in [0.15, 0.2) is 12.2 Å². The Kier molecular flexibility index (Phi) is 3.39. The fraction of sp³-hybridized carbons (Fsp3) is 0.850. The predicted molar refractivity (Wildman–Crippen MR) is 88.7 cm³/mol. The highest BCUT2D eigenvalue weighted by molar-refractivity contribution is 5.85. The number of allylic oxidation sites excluding steroid dienone is 1. The molecule has 128 valence electrons. The molecule has 1 spiro atoms. The van der Waals surface area contributed by atoms with E-state index in [0.29, 0.717) is 24.0 Å². The third kappa shape index (κ3) is 1.87. The van der Waals surface area contributed by atoms with Crippen LogP contribution in [0, 0.1) is 34.0 Å². The molecule has 4 fully saturated rings. The maximum Gasteiger partial charge on any atom is 0.137 e. The summed E-state index contributed by atoms with van der Waals surface area (Å²) in [4.78, 5) is 13.3. The Hall–Kier alpha value is -0.670. The van der Waals surface area contributed by atoms with Crippen molar-refractivity contribution in [1.29, 1.82) is 0 Å². The molecule has 4 aliphatic rings. The SMILES string of the molecule is C=C1C[C@@]23CC(=O)[C@@H]4C(CO)(CO)CCC[C@@]4(C)[C@H]2CC[C@H]1C3. The first kappa shape index (κ1) is 15.8. The van der Waals surface area contributed by atoms with Crippen LogP contribution < -0.4 is 0 Å². The number of aliphatic hydroxyl groups excluding tert-OH is 2. The summed E-state index contributed by atoms with van der Waals surface area (Å²) in [5.74, 6) is 1.32. The molecule has 4 rings (SSSR count). The van der Waals surface area contributed by atoms with Crippen LogP contribution in [0.1, 0.15) is 58.3 Å². The Morgan fingerprint density at radius 2 is 1.91 bits per heavy atom. The molecule has 3 nitrogen and oxygen atoms in total. The largest absolute Gasteiger partial charge is 0.396 e. The van der Waals surface area contributed by atoms with Crippen LogP contribution in [-0.2, 0) is 4.79 Å². The van der Waals surface area contributed by atoms with E-state index in [9.17, 15) is 15.0 Å². The highest BCUT2D eigenvalue weighted by Gasteiger charge is 2.67. The van der Waals surface area contributed by atoms with Gasteiger partial charge in [-0.2, -0.15) is 0 Å². The summed E-state index contributed by atoms with van der Waals surface area (Å²) >= 11 is 0. The third-order valence-electron chi connectivity index (χ3n) is 8.29. The Labute approximate surface area is 139 Å². The molecule has 2 N–H and O–H groups in total. The lowest BCUT2D eigenvalue weighted by Gasteiger charge is -2.63. The summed E-state index contributed by atoms with van der Waals surface area (Å²) in [5.41, 5.74) is 0.845. The lowest BCUT2D eigenvalue weighted by atomic mass is 9.40. The molecule has 0 saturated heterocycles. The first-order valence-corrected chi connectivity index (χ1v) is 9.33. The maximum absolute atomic E-state index is 13.3. The number of hydrogen-bond donors (Lipinski definition) is 2. The summed E-state index contributed by atoms with van der Waals surface area (Å²) in [6.45, 7) is 6.47. The monoisotopic (exact) mass is 318 g/mol. The van der Waals surface area contributed by atoms with Crippen molar-refractivity contribution in [3.05, 3.63) is 12.2 Å². The second-order valence-electron chi connectivity index (χ2n) is 9.34. The molecule has 0 radical (unpaired) electrons. The van der Waals surface area contributed by atoms with Crippen LogP contribution in [0.3, 0.4) is 0 Å². The van der Waals surface area contributed by atoms with Gasteiger partial charge in [0.15, 0.2) is 0 Å². The summed E-state index contributed by atoms with van der Waals surface area (Å²) < 4.78 is 0. The molecule has 0 unspecified atom stereocenters. The van der Waals surface area contributed by atoms with Crippen LogP contribution in [0.2, 0.25) is 0 Å². The Balaban J connectivity index is 1.80. The van der Waals surface area contributed by atoms with Gasteiger partial charge in [0.25, 0.3) is 0 Å². The van der Waals surface area contributed by atoms with Gasteiger partial charge >= 0.3 is 0 Å². The Morgan fingerprint density at radius 1 is 1.17 bits per heavy atom. The standard InChI is InChI=1S/C20H30O3/c1-13-8-20-9-14(13)4-5-16(20)18(2)6-3-7-19(11-21,12-22)17(18)15(23)10-20/h14,16-17,21-22H,1,3-12H2,2H3/t14-,16+,17-,18-,20+/m0/s1. The molecule has 0 amide bonds. The molecule has 4 aliphatic carbocycles. The van der Waals surface area contributed by atoms with Gasteiger partial charge < -0.3 is 10.2 Å². The van der Waals surface area contributed by atoms with Crippen LogP contribution in [0.25, 0.3) is 0 Å². The van der Waals surface area contributed by atoms with E-state index in [-0.39, 0.29) is 30.0 Å². The van der Waals surface area contributed by atoms with E-state index >= 15 is 0 Å². The van der Waals surface area contributed by atoms with Crippen molar-refractivity contribution < 1.29 is 15.0 Å². The van der Waals surface area contributed by atoms with Crippen LogP contribution in [-0.4, -0.2) is 29.2 Å². The minimum absolute atomic E-state index is 0.0609. The van der Waals surface area contributed by atoms with E-state index in [1.165, 1.54) is 18.4 Å². The molecule has 0 aromatic carbocycles. The average molecular weight is 318 g/mol. The summed E-state index contributed by atoms with van der Waals surface area (Å²) in [7, 11) is 0. The van der Waals surface area contributed by atoms with Gasteiger partial charge in [0.05, 0.1) is 13.2 Å². The van der Waals surface area contributed by atoms with Gasteiger partial charge in [-0.25, -0.2) is 0 Å². The number of aliphatic hydroxyl groups is 2. The number of carbonyl (C=O) groups excluding carboxylic acids is 1. The predicted octanol–water partition coefficient (Wildman–Crippen LogP) is 3.10. The summed E-state index contributed by atoms with van der Waals surface area (Å²) in [5, 5.41) is 20.1. The van der Waals surface area contributed by atoms with E-state index in [4.69, 9.17) is 0 Å². The zero-order valence-corrected chi connectivity index (χ0v) is 14.3. The van der Waals surface area contributed by atoms with Crippen molar-refractivity contribution in [2.75, 3.05) is 13.2 Å². The highest BCUT2D eigenvalue weighted by atomic mass is 16.3. The first-order valence-electron chi connectivity index (χ1n) is 9.33. The normalized spacial score (nSPS) is 48.0. The number of carbonyl (C=O) groups is 1. The quantitative estimate of drug-likeness (QED) is 0.769. The van der Waals surface area contributed by atoms with Gasteiger partial charge in [-0.3, -0.25) is 4.79 Å². The minimum Gasteiger partial charge on any atom is -0.396 e. The second-order valence-corrected chi connectivity index (χ2v) is 9.34. The van der Waals surface area contributed by atoms with Crippen LogP contribution in [0.4, 0.5) is 0 Å². The smallest absolute Gasteiger partial charge is 0.137 e. The molecule has 23 heavy (non-hydrogen) atoms. The minimum atomic E-state index is -0.599. The van der Waals surface area contributed by atoms with Gasteiger partial charge in [-0.1, -0.05) is 25.5 Å². The number of fused-ring (bicyclic) bond motifs is 3. The Morgan fingerprint density at radius 3 is 2.61 bits per heavy atom. The molecular weight excluding hydrogens is 288 g/mol.